The van der Waals surface area contributed by atoms with Crippen molar-refractivity contribution in [2.45, 2.75) is 6.42 Å². The molecule has 0 N–H and O–H groups in total. The first-order valence-corrected chi connectivity index (χ1v) is 2.92. The molecular weight excluding hydrogens is 110 g/mol. The minimum Gasteiger partial charge on any atom is -0.192 e. The van der Waals surface area contributed by atoms with Crippen LogP contribution in [0.25, 0.3) is 0 Å². The van der Waals surface area contributed by atoms with Crippen molar-refractivity contribution in [1.82, 2.24) is 0 Å². The van der Waals surface area contributed by atoms with E-state index in [1.165, 1.54) is 11.1 Å². The van der Waals surface area contributed by atoms with Crippen LogP contribution < -0.4 is 0 Å². The summed E-state index contributed by atoms with van der Waals surface area (Å²) >= 11 is 0. The number of benzene rings is 1. The van der Waals surface area contributed by atoms with E-state index in [-0.39, 0.29) is 0 Å². The molecule has 0 saturated heterocycles. The maximum Gasteiger partial charge on any atom is 0.0991 e. The number of fused-ring (bicyclic) bond motifs is 1. The summed E-state index contributed by atoms with van der Waals surface area (Å²) in [6, 6.07) is 7.94. The maximum absolute atomic E-state index is 8.44. The topological polar surface area (TPSA) is 23.8 Å². The van der Waals surface area contributed by atoms with Crippen LogP contribution >= 0.6 is 0 Å². The van der Waals surface area contributed by atoms with Crippen molar-refractivity contribution in [3.8, 4) is 6.07 Å². The van der Waals surface area contributed by atoms with Crippen molar-refractivity contribution in [2.75, 3.05) is 0 Å². The van der Waals surface area contributed by atoms with Crippen molar-refractivity contribution in [2.24, 2.45) is 0 Å². The van der Waals surface area contributed by atoms with Crippen LogP contribution in [0.5, 0.6) is 0 Å². The summed E-state index contributed by atoms with van der Waals surface area (Å²) in [5, 5.41) is 8.44. The van der Waals surface area contributed by atoms with Gasteiger partial charge in [-0.3, -0.25) is 0 Å². The van der Waals surface area contributed by atoms with Gasteiger partial charge in [0.15, 0.2) is 0 Å². The van der Waals surface area contributed by atoms with Crippen LogP contribution in [0, 0.1) is 11.3 Å². The number of nitrogens with zero attached hydrogens (tertiary/aromatic N) is 1. The molecule has 9 heavy (non-hydrogen) atoms. The highest BCUT2D eigenvalue weighted by molar-refractivity contribution is 5.49. The third-order valence-corrected chi connectivity index (χ3v) is 1.59. The van der Waals surface area contributed by atoms with E-state index in [4.69, 9.17) is 5.26 Å². The Bertz CT molecular complexity index is 294. The summed E-state index contributed by atoms with van der Waals surface area (Å²) in [5.74, 6) is 0. The van der Waals surface area contributed by atoms with Gasteiger partial charge in [-0.15, -0.1) is 0 Å². The first kappa shape index (κ1) is 4.58. The van der Waals surface area contributed by atoms with Crippen LogP contribution in [0.15, 0.2) is 18.2 Å². The molecule has 2 rings (SSSR count). The molecule has 0 heterocycles. The van der Waals surface area contributed by atoms with Gasteiger partial charge in [0.25, 0.3) is 0 Å². The van der Waals surface area contributed by atoms with E-state index in [9.17, 15) is 0 Å². The van der Waals surface area contributed by atoms with Crippen LogP contribution in [0.1, 0.15) is 16.7 Å². The maximum atomic E-state index is 8.44. The Labute approximate surface area is 53.5 Å². The highest BCUT2D eigenvalue weighted by Crippen LogP contribution is 2.27. The Morgan fingerprint density at radius 1 is 1.33 bits per heavy atom. The quantitative estimate of drug-likeness (QED) is 0.510. The molecule has 0 aliphatic heterocycles. The Kier molecular flexibility index (Phi) is 0.689. The summed E-state index contributed by atoms with van der Waals surface area (Å²) in [6.07, 6.45) is 1.10. The summed E-state index contributed by atoms with van der Waals surface area (Å²) in [6.45, 7) is 0. The highest BCUT2D eigenvalue weighted by atomic mass is 14.3. The molecule has 42 valence electrons. The minimum atomic E-state index is 0.784. The largest absolute Gasteiger partial charge is 0.192 e. The third kappa shape index (κ3) is 0.603. The zero-order valence-electron chi connectivity index (χ0n) is 4.89. The summed E-state index contributed by atoms with van der Waals surface area (Å²) < 4.78 is 0. The molecule has 1 aromatic rings. The Hall–Kier alpha value is -1.29. The fourth-order valence-electron chi connectivity index (χ4n) is 0.966. The molecule has 0 amide bonds. The fraction of sp³-hybridized carbons (Fsp3) is 0.125. The second kappa shape index (κ2) is 1.35. The van der Waals surface area contributed by atoms with Gasteiger partial charge in [0, 0.05) is 0 Å². The zero-order valence-corrected chi connectivity index (χ0v) is 4.89. The first-order valence-electron chi connectivity index (χ1n) is 2.92. The second-order valence-corrected chi connectivity index (χ2v) is 2.27. The van der Waals surface area contributed by atoms with Gasteiger partial charge in [-0.05, 0) is 29.7 Å². The van der Waals surface area contributed by atoms with E-state index >= 15 is 0 Å². The molecule has 0 spiro atoms. The van der Waals surface area contributed by atoms with Gasteiger partial charge in [0.1, 0.15) is 0 Å². The molecule has 0 atom stereocenters. The molecule has 1 aromatic carbocycles. The number of rotatable bonds is 0. The van der Waals surface area contributed by atoms with Gasteiger partial charge in [0.2, 0.25) is 0 Å². The lowest BCUT2D eigenvalue weighted by molar-refractivity contribution is 1.49. The van der Waals surface area contributed by atoms with E-state index in [2.05, 4.69) is 6.07 Å². The highest BCUT2D eigenvalue weighted by Gasteiger charge is 2.15. The molecule has 0 fully saturated rings. The van der Waals surface area contributed by atoms with Crippen LogP contribution in [-0.4, -0.2) is 0 Å². The number of hydrogen-bond acceptors (Lipinski definition) is 1. The minimum absolute atomic E-state index is 0.784. The van der Waals surface area contributed by atoms with E-state index in [1.54, 1.807) is 0 Å². The van der Waals surface area contributed by atoms with Gasteiger partial charge < -0.3 is 0 Å². The molecular formula is C8H5N. The molecule has 0 radical (unpaired) electrons. The average molecular weight is 115 g/mol. The number of hydrogen-bond donors (Lipinski definition) is 0. The fourth-order valence-corrected chi connectivity index (χ4v) is 0.966. The molecule has 1 aliphatic carbocycles. The van der Waals surface area contributed by atoms with Gasteiger partial charge in [-0.25, -0.2) is 0 Å². The lowest BCUT2D eigenvalue weighted by Gasteiger charge is -1.79. The van der Waals surface area contributed by atoms with Gasteiger partial charge >= 0.3 is 0 Å². The molecule has 1 heteroatoms. The van der Waals surface area contributed by atoms with Crippen molar-refractivity contribution in [3.05, 3.63) is 34.9 Å². The van der Waals surface area contributed by atoms with Gasteiger partial charge in [-0.1, -0.05) is 6.07 Å². The Morgan fingerprint density at radius 2 is 2.22 bits per heavy atom. The van der Waals surface area contributed by atoms with E-state index < -0.39 is 0 Å². The predicted molar refractivity (Wildman–Crippen MR) is 34.0 cm³/mol. The smallest absolute Gasteiger partial charge is 0.0991 e. The standard InChI is InChI=1S/C8H5N/c9-5-6-1-2-7-4-8(7)3-6/h1-3H,4H2. The normalized spacial score (nSPS) is 11.9. The monoisotopic (exact) mass is 115 g/mol. The molecule has 0 unspecified atom stereocenters. The van der Waals surface area contributed by atoms with Crippen LogP contribution in [0.2, 0.25) is 0 Å². The van der Waals surface area contributed by atoms with Crippen LogP contribution in [0.4, 0.5) is 0 Å². The Balaban J connectivity index is 2.59. The first-order chi connectivity index (χ1) is 4.40. The van der Waals surface area contributed by atoms with Gasteiger partial charge in [0.05, 0.1) is 11.6 Å². The van der Waals surface area contributed by atoms with Crippen molar-refractivity contribution in [1.29, 1.82) is 5.26 Å². The van der Waals surface area contributed by atoms with Crippen LogP contribution in [0.3, 0.4) is 0 Å². The van der Waals surface area contributed by atoms with E-state index in [1.807, 2.05) is 18.2 Å². The lowest BCUT2D eigenvalue weighted by Crippen LogP contribution is -1.66. The van der Waals surface area contributed by atoms with Crippen molar-refractivity contribution < 1.29 is 0 Å². The predicted octanol–water partition coefficient (Wildman–Crippen LogP) is 1.46. The SMILES string of the molecule is N#Cc1ccc2c(c1)C2. The summed E-state index contributed by atoms with van der Waals surface area (Å²) in [4.78, 5) is 0. The van der Waals surface area contributed by atoms with E-state index in [0.29, 0.717) is 0 Å². The zero-order chi connectivity index (χ0) is 6.27. The average Bonchev–Trinajstić information content (AvgIpc) is 2.64. The number of nitriles is 1. The molecule has 1 aliphatic rings. The molecule has 0 bridgehead atoms. The lowest BCUT2D eigenvalue weighted by atomic mass is 10.2. The third-order valence-electron chi connectivity index (χ3n) is 1.59. The summed E-state index contributed by atoms with van der Waals surface area (Å²) in [7, 11) is 0. The second-order valence-electron chi connectivity index (χ2n) is 2.27. The molecule has 0 aromatic heterocycles. The van der Waals surface area contributed by atoms with Crippen molar-refractivity contribution >= 4 is 0 Å². The van der Waals surface area contributed by atoms with Crippen LogP contribution in [-0.2, 0) is 6.42 Å². The molecule has 1 nitrogen and oxygen atoms in total. The van der Waals surface area contributed by atoms with Crippen molar-refractivity contribution in [3.63, 3.8) is 0 Å². The Morgan fingerprint density at radius 3 is 2.89 bits per heavy atom. The summed E-state index contributed by atoms with van der Waals surface area (Å²) in [5.41, 5.74) is 3.52. The van der Waals surface area contributed by atoms with Gasteiger partial charge in [-0.2, -0.15) is 5.26 Å². The molecule has 0 saturated carbocycles. The van der Waals surface area contributed by atoms with E-state index in [0.717, 1.165) is 12.0 Å².